The summed E-state index contributed by atoms with van der Waals surface area (Å²) in [6.45, 7) is 9.64. The normalized spacial score (nSPS) is 11.4. The second-order valence-electron chi connectivity index (χ2n) is 3.99. The van der Waals surface area contributed by atoms with Crippen LogP contribution in [0, 0.1) is 0 Å². The maximum atomic E-state index is 11.2. The van der Waals surface area contributed by atoms with Crippen LogP contribution in [0.5, 0.6) is 0 Å². The van der Waals surface area contributed by atoms with Gasteiger partial charge in [-0.2, -0.15) is 0 Å². The summed E-state index contributed by atoms with van der Waals surface area (Å²) in [5.74, 6) is 1.27. The van der Waals surface area contributed by atoms with Gasteiger partial charge in [-0.05, 0) is 27.3 Å². The lowest BCUT2D eigenvalue weighted by molar-refractivity contribution is -0.151. The molecule has 0 fully saturated rings. The highest BCUT2D eigenvalue weighted by Gasteiger charge is 2.15. The van der Waals surface area contributed by atoms with E-state index in [1.54, 1.807) is 11.8 Å². The van der Waals surface area contributed by atoms with Gasteiger partial charge in [0.1, 0.15) is 5.60 Å². The minimum atomic E-state index is -0.362. The largest absolute Gasteiger partial charge is 0.459 e. The standard InChI is InChI=1S/C10H21NO2S/c1-5-11-6-7-14-8-9(12)13-10(2,3)4/h11H,5-8H2,1-4H3. The maximum absolute atomic E-state index is 11.2. The molecule has 0 rings (SSSR count). The fourth-order valence-corrected chi connectivity index (χ4v) is 1.51. The number of hydrogen-bond acceptors (Lipinski definition) is 4. The summed E-state index contributed by atoms with van der Waals surface area (Å²) >= 11 is 1.60. The molecule has 0 spiro atoms. The van der Waals surface area contributed by atoms with Crippen molar-refractivity contribution in [3.05, 3.63) is 0 Å². The molecule has 0 bridgehead atoms. The zero-order valence-corrected chi connectivity index (χ0v) is 10.4. The summed E-state index contributed by atoms with van der Waals surface area (Å²) < 4.78 is 5.16. The average Bonchev–Trinajstić information content (AvgIpc) is 2.00. The minimum absolute atomic E-state index is 0.126. The van der Waals surface area contributed by atoms with Crippen molar-refractivity contribution >= 4 is 17.7 Å². The highest BCUT2D eigenvalue weighted by molar-refractivity contribution is 7.99. The molecule has 0 aromatic heterocycles. The average molecular weight is 219 g/mol. The van der Waals surface area contributed by atoms with Gasteiger partial charge in [-0.25, -0.2) is 0 Å². The van der Waals surface area contributed by atoms with E-state index in [9.17, 15) is 4.79 Å². The van der Waals surface area contributed by atoms with E-state index in [-0.39, 0.29) is 11.6 Å². The Kier molecular flexibility index (Phi) is 7.01. The molecule has 4 heteroatoms. The lowest BCUT2D eigenvalue weighted by Crippen LogP contribution is -2.25. The first-order valence-electron chi connectivity index (χ1n) is 4.96. The van der Waals surface area contributed by atoms with E-state index in [4.69, 9.17) is 4.74 Å². The first-order valence-corrected chi connectivity index (χ1v) is 6.11. The van der Waals surface area contributed by atoms with Gasteiger partial charge < -0.3 is 10.1 Å². The Labute approximate surface area is 91.0 Å². The predicted molar refractivity (Wildman–Crippen MR) is 61.7 cm³/mol. The molecule has 0 saturated carbocycles. The number of thioether (sulfide) groups is 1. The Hall–Kier alpha value is -0.220. The van der Waals surface area contributed by atoms with Crippen LogP contribution in [0.3, 0.4) is 0 Å². The molecule has 3 nitrogen and oxygen atoms in total. The topological polar surface area (TPSA) is 38.3 Å². The van der Waals surface area contributed by atoms with Gasteiger partial charge in [0.25, 0.3) is 0 Å². The quantitative estimate of drug-likeness (QED) is 0.545. The van der Waals surface area contributed by atoms with E-state index in [0.717, 1.165) is 18.8 Å². The number of hydrogen-bond donors (Lipinski definition) is 1. The first kappa shape index (κ1) is 13.8. The summed E-state index contributed by atoms with van der Waals surface area (Å²) in [5.41, 5.74) is -0.362. The van der Waals surface area contributed by atoms with Crippen molar-refractivity contribution in [3.8, 4) is 0 Å². The number of esters is 1. The zero-order chi connectivity index (χ0) is 11.0. The maximum Gasteiger partial charge on any atom is 0.316 e. The fourth-order valence-electron chi connectivity index (χ4n) is 0.848. The molecule has 0 aromatic rings. The van der Waals surface area contributed by atoms with Crippen molar-refractivity contribution in [1.29, 1.82) is 0 Å². The van der Waals surface area contributed by atoms with E-state index in [2.05, 4.69) is 12.2 Å². The molecule has 0 aromatic carbocycles. The molecule has 0 radical (unpaired) electrons. The Morgan fingerprint density at radius 1 is 1.43 bits per heavy atom. The van der Waals surface area contributed by atoms with Crippen LogP contribution in [0.4, 0.5) is 0 Å². The van der Waals surface area contributed by atoms with Gasteiger partial charge in [-0.3, -0.25) is 4.79 Å². The van der Waals surface area contributed by atoms with Crippen LogP contribution in [0.1, 0.15) is 27.7 Å². The van der Waals surface area contributed by atoms with Gasteiger partial charge >= 0.3 is 5.97 Å². The molecule has 0 heterocycles. The molecule has 0 unspecified atom stereocenters. The Bertz CT molecular complexity index is 166. The van der Waals surface area contributed by atoms with E-state index < -0.39 is 0 Å². The first-order chi connectivity index (χ1) is 6.45. The van der Waals surface area contributed by atoms with Crippen molar-refractivity contribution in [3.63, 3.8) is 0 Å². The van der Waals surface area contributed by atoms with Crippen LogP contribution in [0.25, 0.3) is 0 Å². The molecule has 0 amide bonds. The third kappa shape index (κ3) is 9.86. The Balaban J connectivity index is 3.36. The van der Waals surface area contributed by atoms with Crippen LogP contribution < -0.4 is 5.32 Å². The predicted octanol–water partition coefficient (Wildman–Crippen LogP) is 1.67. The van der Waals surface area contributed by atoms with Crippen molar-refractivity contribution in [2.45, 2.75) is 33.3 Å². The van der Waals surface area contributed by atoms with Crippen LogP contribution in [-0.2, 0) is 9.53 Å². The summed E-state index contributed by atoms with van der Waals surface area (Å²) in [5, 5.41) is 3.20. The molecule has 0 aliphatic carbocycles. The Morgan fingerprint density at radius 3 is 2.57 bits per heavy atom. The zero-order valence-electron chi connectivity index (χ0n) is 9.55. The van der Waals surface area contributed by atoms with E-state index in [0.29, 0.717) is 5.75 Å². The van der Waals surface area contributed by atoms with Gasteiger partial charge in [0.2, 0.25) is 0 Å². The SMILES string of the molecule is CCNCCSCC(=O)OC(C)(C)C. The van der Waals surface area contributed by atoms with Crippen molar-refractivity contribution in [2.75, 3.05) is 24.6 Å². The molecule has 14 heavy (non-hydrogen) atoms. The van der Waals surface area contributed by atoms with Crippen LogP contribution in [0.2, 0.25) is 0 Å². The molecule has 0 aliphatic rings. The monoisotopic (exact) mass is 219 g/mol. The molecule has 1 N–H and O–H groups in total. The van der Waals surface area contributed by atoms with Crippen LogP contribution in [0.15, 0.2) is 0 Å². The number of rotatable bonds is 6. The van der Waals surface area contributed by atoms with Gasteiger partial charge in [-0.15, -0.1) is 11.8 Å². The molecular weight excluding hydrogens is 198 g/mol. The lowest BCUT2D eigenvalue weighted by atomic mass is 10.2. The number of carbonyl (C=O) groups excluding carboxylic acids is 1. The van der Waals surface area contributed by atoms with Gasteiger partial charge in [0, 0.05) is 12.3 Å². The number of ether oxygens (including phenoxy) is 1. The number of nitrogens with one attached hydrogen (secondary N) is 1. The van der Waals surface area contributed by atoms with Crippen molar-refractivity contribution in [1.82, 2.24) is 5.32 Å². The van der Waals surface area contributed by atoms with Crippen molar-refractivity contribution in [2.24, 2.45) is 0 Å². The highest BCUT2D eigenvalue weighted by atomic mass is 32.2. The fraction of sp³-hybridized carbons (Fsp3) is 0.900. The van der Waals surface area contributed by atoms with E-state index in [1.165, 1.54) is 0 Å². The smallest absolute Gasteiger partial charge is 0.316 e. The molecule has 0 atom stereocenters. The minimum Gasteiger partial charge on any atom is -0.459 e. The second-order valence-corrected chi connectivity index (χ2v) is 5.10. The highest BCUT2D eigenvalue weighted by Crippen LogP contribution is 2.09. The molecule has 84 valence electrons. The third-order valence-electron chi connectivity index (χ3n) is 1.31. The Morgan fingerprint density at radius 2 is 2.07 bits per heavy atom. The van der Waals surface area contributed by atoms with E-state index in [1.807, 2.05) is 20.8 Å². The molecular formula is C10H21NO2S. The van der Waals surface area contributed by atoms with Gasteiger partial charge in [0.15, 0.2) is 0 Å². The molecule has 0 aliphatic heterocycles. The third-order valence-corrected chi connectivity index (χ3v) is 2.25. The van der Waals surface area contributed by atoms with E-state index >= 15 is 0 Å². The number of carbonyl (C=O) groups is 1. The van der Waals surface area contributed by atoms with Gasteiger partial charge in [-0.1, -0.05) is 6.92 Å². The second kappa shape index (κ2) is 7.12. The van der Waals surface area contributed by atoms with Crippen molar-refractivity contribution < 1.29 is 9.53 Å². The summed E-state index contributed by atoms with van der Waals surface area (Å²) in [6.07, 6.45) is 0. The van der Waals surface area contributed by atoms with Crippen LogP contribution >= 0.6 is 11.8 Å². The van der Waals surface area contributed by atoms with Crippen LogP contribution in [-0.4, -0.2) is 36.2 Å². The van der Waals surface area contributed by atoms with Gasteiger partial charge in [0.05, 0.1) is 5.75 Å². The molecule has 0 saturated heterocycles. The lowest BCUT2D eigenvalue weighted by Gasteiger charge is -2.19. The summed E-state index contributed by atoms with van der Waals surface area (Å²) in [6, 6.07) is 0. The summed E-state index contributed by atoms with van der Waals surface area (Å²) in [7, 11) is 0. The summed E-state index contributed by atoms with van der Waals surface area (Å²) in [4.78, 5) is 11.2.